The lowest BCUT2D eigenvalue weighted by Gasteiger charge is -2.34. The van der Waals surface area contributed by atoms with Crippen LogP contribution in [0, 0.1) is 5.92 Å². The minimum atomic E-state index is 0.00793. The van der Waals surface area contributed by atoms with Crippen LogP contribution < -0.4 is 5.32 Å². The first kappa shape index (κ1) is 25.4. The number of piperazine rings is 1. The standard InChI is InChI=1S/C28H34N8OS2/c37-26(18-34-12-14-35(15-13-34)21-7-8-21)30-27-29-23-10-9-22(17-24(23)39-27)38-28-32-31-25-11-6-20(33-36(25)28)16-19-4-2-1-3-5-19/h6,9-11,17,19,21H,1-5,7-8,12-16,18H2,(H,29,30,37). The highest BCUT2D eigenvalue weighted by atomic mass is 32.2. The second kappa shape index (κ2) is 11.1. The number of aromatic nitrogens is 5. The highest BCUT2D eigenvalue weighted by Crippen LogP contribution is 2.33. The van der Waals surface area contributed by atoms with Crippen molar-refractivity contribution in [3.63, 3.8) is 0 Å². The highest BCUT2D eigenvalue weighted by Gasteiger charge is 2.31. The van der Waals surface area contributed by atoms with E-state index in [1.807, 2.05) is 22.7 Å². The van der Waals surface area contributed by atoms with Gasteiger partial charge in [0.05, 0.1) is 22.5 Å². The van der Waals surface area contributed by atoms with Gasteiger partial charge in [-0.05, 0) is 67.3 Å². The molecule has 0 bridgehead atoms. The third-order valence-corrected chi connectivity index (χ3v) is 10.0. The van der Waals surface area contributed by atoms with Crippen LogP contribution in [0.25, 0.3) is 15.9 Å². The molecule has 0 unspecified atom stereocenters. The molecule has 4 heterocycles. The molecule has 2 aliphatic carbocycles. The molecule has 4 aromatic rings. The van der Waals surface area contributed by atoms with Crippen molar-refractivity contribution in [1.29, 1.82) is 0 Å². The van der Waals surface area contributed by atoms with Gasteiger partial charge in [-0.3, -0.25) is 14.6 Å². The molecule has 7 rings (SSSR count). The third kappa shape index (κ3) is 5.96. The van der Waals surface area contributed by atoms with Crippen molar-refractivity contribution in [2.45, 2.75) is 67.5 Å². The van der Waals surface area contributed by atoms with Gasteiger partial charge in [0, 0.05) is 37.1 Å². The summed E-state index contributed by atoms with van der Waals surface area (Å²) in [6.45, 7) is 4.47. The molecule has 2 saturated carbocycles. The fourth-order valence-corrected chi connectivity index (χ4v) is 7.70. The maximum atomic E-state index is 12.7. The lowest BCUT2D eigenvalue weighted by atomic mass is 9.86. The number of nitrogens with one attached hydrogen (secondary N) is 1. The maximum absolute atomic E-state index is 12.7. The molecule has 0 spiro atoms. The van der Waals surface area contributed by atoms with Gasteiger partial charge in [0.15, 0.2) is 10.8 Å². The number of fused-ring (bicyclic) bond motifs is 2. The molecule has 204 valence electrons. The first-order valence-electron chi connectivity index (χ1n) is 14.2. The SMILES string of the molecule is O=C(CN1CCN(C2CC2)CC1)Nc1nc2ccc(Sc3nnc4ccc(CC5CCCCC5)nn34)cc2s1. The molecule has 1 aliphatic heterocycles. The summed E-state index contributed by atoms with van der Waals surface area (Å²) in [4.78, 5) is 23.2. The van der Waals surface area contributed by atoms with Crippen LogP contribution in [0.15, 0.2) is 40.4 Å². The van der Waals surface area contributed by atoms with Crippen molar-refractivity contribution in [2.75, 3.05) is 38.0 Å². The van der Waals surface area contributed by atoms with Gasteiger partial charge in [-0.15, -0.1) is 10.2 Å². The van der Waals surface area contributed by atoms with Crippen LogP contribution in [-0.2, 0) is 11.2 Å². The smallest absolute Gasteiger partial charge is 0.240 e. The Labute approximate surface area is 236 Å². The van der Waals surface area contributed by atoms with Gasteiger partial charge in [-0.25, -0.2) is 4.98 Å². The van der Waals surface area contributed by atoms with E-state index >= 15 is 0 Å². The lowest BCUT2D eigenvalue weighted by Crippen LogP contribution is -2.49. The van der Waals surface area contributed by atoms with Crippen LogP contribution in [-0.4, -0.2) is 79.3 Å². The number of carbonyl (C=O) groups is 1. The van der Waals surface area contributed by atoms with E-state index in [1.54, 1.807) is 11.8 Å². The van der Waals surface area contributed by atoms with Gasteiger partial charge in [-0.2, -0.15) is 9.61 Å². The molecule has 11 heteroatoms. The van der Waals surface area contributed by atoms with E-state index in [2.05, 4.69) is 42.4 Å². The maximum Gasteiger partial charge on any atom is 0.240 e. The molecule has 0 radical (unpaired) electrons. The fourth-order valence-electron chi connectivity index (χ4n) is 5.88. The average molecular weight is 563 g/mol. The second-order valence-electron chi connectivity index (χ2n) is 11.1. The van der Waals surface area contributed by atoms with Crippen LogP contribution in [0.5, 0.6) is 0 Å². The molecule has 9 nitrogen and oxygen atoms in total. The van der Waals surface area contributed by atoms with Crippen molar-refractivity contribution in [1.82, 2.24) is 34.6 Å². The van der Waals surface area contributed by atoms with Crippen molar-refractivity contribution in [3.8, 4) is 0 Å². The largest absolute Gasteiger partial charge is 0.301 e. The minimum Gasteiger partial charge on any atom is -0.301 e. The zero-order valence-electron chi connectivity index (χ0n) is 22.1. The van der Waals surface area contributed by atoms with Gasteiger partial charge < -0.3 is 5.32 Å². The number of benzene rings is 1. The summed E-state index contributed by atoms with van der Waals surface area (Å²) in [5, 5.41) is 18.1. The Morgan fingerprint density at radius 2 is 1.85 bits per heavy atom. The first-order chi connectivity index (χ1) is 19.2. The number of hydrogen-bond acceptors (Lipinski definition) is 9. The van der Waals surface area contributed by atoms with Crippen molar-refractivity contribution < 1.29 is 4.79 Å². The van der Waals surface area contributed by atoms with E-state index in [0.29, 0.717) is 11.7 Å². The number of anilines is 1. The van der Waals surface area contributed by atoms with Crippen molar-refractivity contribution >= 4 is 50.0 Å². The van der Waals surface area contributed by atoms with Crippen LogP contribution in [0.1, 0.15) is 50.6 Å². The molecule has 1 N–H and O–H groups in total. The van der Waals surface area contributed by atoms with Crippen molar-refractivity contribution in [3.05, 3.63) is 36.0 Å². The predicted molar refractivity (Wildman–Crippen MR) is 154 cm³/mol. The molecule has 1 amide bonds. The summed E-state index contributed by atoms with van der Waals surface area (Å²) >= 11 is 3.06. The van der Waals surface area contributed by atoms with Gasteiger partial charge in [0.1, 0.15) is 0 Å². The number of amides is 1. The molecule has 3 aliphatic rings. The Bertz CT molecular complexity index is 1470. The molecule has 3 fully saturated rings. The zero-order chi connectivity index (χ0) is 26.2. The van der Waals surface area contributed by atoms with E-state index in [4.69, 9.17) is 5.10 Å². The Morgan fingerprint density at radius 1 is 1.00 bits per heavy atom. The van der Waals surface area contributed by atoms with Crippen LogP contribution in [0.3, 0.4) is 0 Å². The van der Waals surface area contributed by atoms with E-state index < -0.39 is 0 Å². The number of carbonyl (C=O) groups excluding carboxylic acids is 1. The van der Waals surface area contributed by atoms with Gasteiger partial charge >= 0.3 is 0 Å². The Hall–Kier alpha value is -2.60. The third-order valence-electron chi connectivity index (χ3n) is 8.16. The summed E-state index contributed by atoms with van der Waals surface area (Å²) in [6, 6.07) is 11.1. The summed E-state index contributed by atoms with van der Waals surface area (Å²) in [6.07, 6.45) is 10.4. The van der Waals surface area contributed by atoms with Gasteiger partial charge in [-0.1, -0.05) is 43.4 Å². The Balaban J connectivity index is 0.995. The summed E-state index contributed by atoms with van der Waals surface area (Å²) in [7, 11) is 0. The first-order valence-corrected chi connectivity index (χ1v) is 15.9. The highest BCUT2D eigenvalue weighted by molar-refractivity contribution is 7.99. The molecular formula is C28H34N8OS2. The predicted octanol–water partition coefficient (Wildman–Crippen LogP) is 4.73. The number of thiazole rings is 1. The van der Waals surface area contributed by atoms with Gasteiger partial charge in [0.2, 0.25) is 11.1 Å². The average Bonchev–Trinajstić information content (AvgIpc) is 3.61. The second-order valence-corrected chi connectivity index (χ2v) is 13.2. The Morgan fingerprint density at radius 3 is 2.67 bits per heavy atom. The van der Waals surface area contributed by atoms with E-state index in [1.165, 1.54) is 56.3 Å². The summed E-state index contributed by atoms with van der Waals surface area (Å²) in [5.41, 5.74) is 2.76. The normalized spacial score (nSPS) is 19.7. The van der Waals surface area contributed by atoms with E-state index in [-0.39, 0.29) is 5.91 Å². The van der Waals surface area contributed by atoms with Gasteiger partial charge in [0.25, 0.3) is 0 Å². The van der Waals surface area contributed by atoms with Crippen molar-refractivity contribution in [2.24, 2.45) is 5.92 Å². The monoisotopic (exact) mass is 562 g/mol. The molecular weight excluding hydrogens is 528 g/mol. The summed E-state index contributed by atoms with van der Waals surface area (Å²) in [5.74, 6) is 0.741. The van der Waals surface area contributed by atoms with Crippen LogP contribution in [0.4, 0.5) is 5.13 Å². The molecule has 0 atom stereocenters. The molecule has 39 heavy (non-hydrogen) atoms. The quantitative estimate of drug-likeness (QED) is 0.330. The van der Waals surface area contributed by atoms with Crippen LogP contribution in [0.2, 0.25) is 0 Å². The summed E-state index contributed by atoms with van der Waals surface area (Å²) < 4.78 is 2.91. The van der Waals surface area contributed by atoms with Crippen LogP contribution >= 0.6 is 23.1 Å². The lowest BCUT2D eigenvalue weighted by molar-refractivity contribution is -0.117. The Kier molecular flexibility index (Phi) is 7.23. The topological polar surface area (TPSA) is 91.5 Å². The molecule has 1 aromatic carbocycles. The molecule has 1 saturated heterocycles. The number of hydrogen-bond donors (Lipinski definition) is 1. The van der Waals surface area contributed by atoms with E-state index in [0.717, 1.165) is 76.2 Å². The fraction of sp³-hybridized carbons (Fsp3) is 0.536. The molecule has 3 aromatic heterocycles. The van der Waals surface area contributed by atoms with E-state index in [9.17, 15) is 4.79 Å². The zero-order valence-corrected chi connectivity index (χ0v) is 23.7. The number of nitrogens with zero attached hydrogens (tertiary/aromatic N) is 7. The minimum absolute atomic E-state index is 0.00793. The number of rotatable bonds is 8.